The lowest BCUT2D eigenvalue weighted by molar-refractivity contribution is 0.0999. The van der Waals surface area contributed by atoms with Gasteiger partial charge < -0.3 is 31.1 Å². The van der Waals surface area contributed by atoms with E-state index in [1.807, 2.05) is 24.3 Å². The van der Waals surface area contributed by atoms with Crippen LogP contribution in [0.1, 0.15) is 44.3 Å². The van der Waals surface area contributed by atoms with Gasteiger partial charge in [0.2, 0.25) is 5.91 Å². The molecule has 7 heteroatoms. The number of aliphatic hydroxyl groups excluding tert-OH is 2. The number of rotatable bonds is 12. The summed E-state index contributed by atoms with van der Waals surface area (Å²) < 4.78 is 5.79. The van der Waals surface area contributed by atoms with E-state index in [9.17, 15) is 20.1 Å². The van der Waals surface area contributed by atoms with E-state index < -0.39 is 12.0 Å². The van der Waals surface area contributed by atoms with Crippen LogP contribution in [0, 0.1) is 0 Å². The van der Waals surface area contributed by atoms with Crippen molar-refractivity contribution in [3.8, 4) is 5.75 Å². The number of carbonyl (C=O) groups is 1. The van der Waals surface area contributed by atoms with Crippen molar-refractivity contribution in [2.24, 2.45) is 5.73 Å². The second-order valence-electron chi connectivity index (χ2n) is 7.89. The Morgan fingerprint density at radius 2 is 1.70 bits per heavy atom. The molecule has 0 saturated heterocycles. The van der Waals surface area contributed by atoms with Crippen molar-refractivity contribution >= 4 is 5.91 Å². The summed E-state index contributed by atoms with van der Waals surface area (Å²) in [6.45, 7) is 1.70. The molecule has 33 heavy (non-hydrogen) atoms. The molecule has 0 radical (unpaired) electrons. The summed E-state index contributed by atoms with van der Waals surface area (Å²) in [5, 5.41) is 32.5. The van der Waals surface area contributed by atoms with E-state index in [0.717, 1.165) is 23.1 Å². The number of amides is 1. The third kappa shape index (κ3) is 7.40. The van der Waals surface area contributed by atoms with Crippen LogP contribution in [0.2, 0.25) is 0 Å². The minimum atomic E-state index is -0.729. The lowest BCUT2D eigenvalue weighted by atomic mass is 10.0. The van der Waals surface area contributed by atoms with E-state index in [1.165, 1.54) is 6.07 Å². The highest BCUT2D eigenvalue weighted by Gasteiger charge is 2.10. The Kier molecular flexibility index (Phi) is 8.97. The topological polar surface area (TPSA) is 125 Å². The van der Waals surface area contributed by atoms with E-state index in [0.29, 0.717) is 43.0 Å². The van der Waals surface area contributed by atoms with E-state index in [1.54, 1.807) is 24.3 Å². The molecule has 0 heterocycles. The molecule has 0 aliphatic heterocycles. The Morgan fingerprint density at radius 3 is 2.42 bits per heavy atom. The molecule has 0 fully saturated rings. The number of hydrogen-bond acceptors (Lipinski definition) is 6. The molecule has 0 unspecified atom stereocenters. The van der Waals surface area contributed by atoms with Crippen LogP contribution in [0.25, 0.3) is 0 Å². The van der Waals surface area contributed by atoms with Crippen molar-refractivity contribution < 1.29 is 24.9 Å². The smallest absolute Gasteiger partial charge is 0.248 e. The Morgan fingerprint density at radius 1 is 0.970 bits per heavy atom. The molecule has 3 aromatic rings. The van der Waals surface area contributed by atoms with Crippen LogP contribution < -0.4 is 11.1 Å². The highest BCUT2D eigenvalue weighted by molar-refractivity contribution is 5.92. The maximum atomic E-state index is 11.1. The summed E-state index contributed by atoms with van der Waals surface area (Å²) >= 11 is 0. The molecule has 7 nitrogen and oxygen atoms in total. The first kappa shape index (κ1) is 24.4. The van der Waals surface area contributed by atoms with Gasteiger partial charge in [-0.3, -0.25) is 4.79 Å². The van der Waals surface area contributed by atoms with E-state index in [2.05, 4.69) is 17.4 Å². The first-order chi connectivity index (χ1) is 16.0. The predicted octanol–water partition coefficient (Wildman–Crippen LogP) is 2.57. The summed E-state index contributed by atoms with van der Waals surface area (Å²) in [5.74, 6) is -0.425. The van der Waals surface area contributed by atoms with Crippen molar-refractivity contribution in [2.75, 3.05) is 13.1 Å². The number of ether oxygens (including phenoxy) is 1. The normalized spacial score (nSPS) is 11.9. The highest BCUT2D eigenvalue weighted by atomic mass is 16.5. The Hall–Kier alpha value is -3.23. The molecule has 0 aliphatic rings. The summed E-state index contributed by atoms with van der Waals surface area (Å²) in [6, 6.07) is 20.0. The first-order valence-electron chi connectivity index (χ1n) is 10.8. The molecule has 0 spiro atoms. The van der Waals surface area contributed by atoms with Crippen LogP contribution in [0.15, 0.2) is 66.7 Å². The van der Waals surface area contributed by atoms with Crippen molar-refractivity contribution in [3.63, 3.8) is 0 Å². The van der Waals surface area contributed by atoms with E-state index in [4.69, 9.17) is 10.5 Å². The molecule has 1 amide bonds. The van der Waals surface area contributed by atoms with Gasteiger partial charge in [-0.25, -0.2) is 0 Å². The van der Waals surface area contributed by atoms with Crippen molar-refractivity contribution in [2.45, 2.75) is 32.3 Å². The minimum absolute atomic E-state index is 0.0197. The van der Waals surface area contributed by atoms with Crippen molar-refractivity contribution in [3.05, 3.63) is 100 Å². The predicted molar refractivity (Wildman–Crippen MR) is 125 cm³/mol. The molecular weight excluding hydrogens is 420 g/mol. The monoisotopic (exact) mass is 450 g/mol. The SMILES string of the molecule is NC(=O)c1ccc(COCc2cccc(CCNC[C@@H](O)c3ccc(O)c(CO)c3)c2)cc1. The van der Waals surface area contributed by atoms with Crippen LogP contribution in [-0.2, 0) is 31.0 Å². The maximum absolute atomic E-state index is 11.1. The number of aliphatic hydroxyl groups is 2. The molecule has 0 aliphatic carbocycles. The molecule has 3 aromatic carbocycles. The van der Waals surface area contributed by atoms with Gasteiger partial charge in [-0.1, -0.05) is 42.5 Å². The molecule has 174 valence electrons. The zero-order valence-electron chi connectivity index (χ0n) is 18.4. The quantitative estimate of drug-likeness (QED) is 0.270. The van der Waals surface area contributed by atoms with Gasteiger partial charge in [0.1, 0.15) is 5.75 Å². The van der Waals surface area contributed by atoms with Crippen molar-refractivity contribution in [1.29, 1.82) is 0 Å². The van der Waals surface area contributed by atoms with Gasteiger partial charge >= 0.3 is 0 Å². The first-order valence-corrected chi connectivity index (χ1v) is 10.8. The van der Waals surface area contributed by atoms with Gasteiger partial charge in [-0.2, -0.15) is 0 Å². The Balaban J connectivity index is 1.41. The number of primary amides is 1. The van der Waals surface area contributed by atoms with Gasteiger partial charge in [-0.15, -0.1) is 0 Å². The Bertz CT molecular complexity index is 1050. The fourth-order valence-corrected chi connectivity index (χ4v) is 3.46. The second-order valence-corrected chi connectivity index (χ2v) is 7.89. The van der Waals surface area contributed by atoms with E-state index in [-0.39, 0.29) is 12.4 Å². The second kappa shape index (κ2) is 12.1. The van der Waals surface area contributed by atoms with Gasteiger partial charge in [-0.05, 0) is 59.5 Å². The number of nitrogens with one attached hydrogen (secondary N) is 1. The number of nitrogens with two attached hydrogens (primary N) is 1. The molecule has 0 bridgehead atoms. The molecule has 3 rings (SSSR count). The summed E-state index contributed by atoms with van der Waals surface area (Å²) in [5.41, 5.74) is 9.98. The maximum Gasteiger partial charge on any atom is 0.248 e. The lowest BCUT2D eigenvalue weighted by Gasteiger charge is -2.14. The minimum Gasteiger partial charge on any atom is -0.508 e. The third-order valence-electron chi connectivity index (χ3n) is 5.35. The fraction of sp³-hybridized carbons (Fsp3) is 0.269. The molecule has 0 aromatic heterocycles. The number of benzene rings is 3. The summed E-state index contributed by atoms with van der Waals surface area (Å²) in [7, 11) is 0. The van der Waals surface area contributed by atoms with Gasteiger partial charge in [0.15, 0.2) is 0 Å². The molecular formula is C26H30N2O5. The van der Waals surface area contributed by atoms with Crippen LogP contribution >= 0.6 is 0 Å². The lowest BCUT2D eigenvalue weighted by Crippen LogP contribution is -2.23. The average Bonchev–Trinajstić information content (AvgIpc) is 2.82. The number of phenols is 1. The van der Waals surface area contributed by atoms with Crippen LogP contribution in [-0.4, -0.2) is 34.3 Å². The zero-order chi connectivity index (χ0) is 23.6. The van der Waals surface area contributed by atoms with E-state index >= 15 is 0 Å². The van der Waals surface area contributed by atoms with Crippen LogP contribution in [0.3, 0.4) is 0 Å². The van der Waals surface area contributed by atoms with Gasteiger partial charge in [0.05, 0.1) is 25.9 Å². The average molecular weight is 451 g/mol. The highest BCUT2D eigenvalue weighted by Crippen LogP contribution is 2.22. The number of carbonyl (C=O) groups excluding carboxylic acids is 1. The fourth-order valence-electron chi connectivity index (χ4n) is 3.46. The standard InChI is InChI=1S/C26H30N2O5/c27-26(32)21-6-4-19(5-7-21)16-33-17-20-3-1-2-18(12-20)10-11-28-14-25(31)22-8-9-24(30)23(13-22)15-29/h1-9,12-13,25,28-31H,10-11,14-17H2,(H2,27,32)/t25-/m1/s1. The third-order valence-corrected chi connectivity index (χ3v) is 5.35. The van der Waals surface area contributed by atoms with Gasteiger partial charge in [0, 0.05) is 17.7 Å². The van der Waals surface area contributed by atoms with Crippen LogP contribution in [0.4, 0.5) is 0 Å². The van der Waals surface area contributed by atoms with Crippen molar-refractivity contribution in [1.82, 2.24) is 5.32 Å². The summed E-state index contributed by atoms with van der Waals surface area (Å²) in [6.07, 6.45) is 0.0692. The molecule has 6 N–H and O–H groups in total. The number of hydrogen-bond donors (Lipinski definition) is 5. The number of aromatic hydroxyl groups is 1. The summed E-state index contributed by atoms with van der Waals surface area (Å²) in [4.78, 5) is 11.1. The van der Waals surface area contributed by atoms with Gasteiger partial charge in [0.25, 0.3) is 0 Å². The molecule has 1 atom stereocenters. The zero-order valence-corrected chi connectivity index (χ0v) is 18.4. The largest absolute Gasteiger partial charge is 0.508 e. The Labute approximate surface area is 193 Å². The molecule has 0 saturated carbocycles. The van der Waals surface area contributed by atoms with Crippen LogP contribution in [0.5, 0.6) is 5.75 Å².